The monoisotopic (exact) mass is 638 g/mol. The Hall–Kier alpha value is -4.12. The number of hydrogen-bond acceptors (Lipinski definition) is 6. The van der Waals surface area contributed by atoms with E-state index < -0.39 is 11.7 Å². The summed E-state index contributed by atoms with van der Waals surface area (Å²) in [5.41, 5.74) is 1.87. The molecule has 0 aliphatic heterocycles. The van der Waals surface area contributed by atoms with Crippen LogP contribution in [0, 0.1) is 5.92 Å². The van der Waals surface area contributed by atoms with Crippen LogP contribution in [0.25, 0.3) is 11.0 Å². The number of alkyl carbamates (subject to hydrolysis) is 1. The van der Waals surface area contributed by atoms with Gasteiger partial charge in [0, 0.05) is 55.3 Å². The van der Waals surface area contributed by atoms with Gasteiger partial charge < -0.3 is 24.8 Å². The molecule has 1 aliphatic carbocycles. The van der Waals surface area contributed by atoms with Crippen LogP contribution in [0.5, 0.6) is 0 Å². The Balaban J connectivity index is 1.44. The van der Waals surface area contributed by atoms with Gasteiger partial charge in [0.05, 0.1) is 11.0 Å². The van der Waals surface area contributed by atoms with E-state index in [-0.39, 0.29) is 42.6 Å². The largest absolute Gasteiger partial charge is 0.444 e. The molecular weight excluding hydrogens is 596 g/mol. The molecule has 1 aromatic heterocycles. The molecule has 1 fully saturated rings. The molecule has 4 amide bonds. The molecule has 0 spiro atoms. The van der Waals surface area contributed by atoms with Crippen molar-refractivity contribution >= 4 is 58.1 Å². The van der Waals surface area contributed by atoms with Crippen LogP contribution in [-0.2, 0) is 20.9 Å². The molecular formula is C33H43ClN6O5. The van der Waals surface area contributed by atoms with Crippen LogP contribution >= 0.6 is 11.6 Å². The molecule has 4 rings (SSSR count). The van der Waals surface area contributed by atoms with E-state index in [9.17, 15) is 19.2 Å². The van der Waals surface area contributed by atoms with Gasteiger partial charge in [-0.25, -0.2) is 9.78 Å². The number of nitrogens with zero attached hydrogens (tertiary/aromatic N) is 3. The number of imidazole rings is 1. The molecule has 45 heavy (non-hydrogen) atoms. The first-order chi connectivity index (χ1) is 21.4. The summed E-state index contributed by atoms with van der Waals surface area (Å²) in [5.74, 6) is -0.133. The number of halogens is 1. The number of nitrogens with one attached hydrogen (secondary N) is 3. The first-order valence-corrected chi connectivity index (χ1v) is 15.9. The predicted molar refractivity (Wildman–Crippen MR) is 176 cm³/mol. The highest BCUT2D eigenvalue weighted by molar-refractivity contribution is 6.30. The fraction of sp³-hybridized carbons (Fsp3) is 0.485. The average Bonchev–Trinajstić information content (AvgIpc) is 3.34. The normalized spacial score (nSPS) is 13.7. The number of ether oxygens (including phenoxy) is 1. The summed E-state index contributed by atoms with van der Waals surface area (Å²) in [6, 6.07) is 12.1. The number of aryl methyl sites for hydroxylation is 1. The van der Waals surface area contributed by atoms with Crippen molar-refractivity contribution in [2.75, 3.05) is 30.4 Å². The molecule has 2 aromatic carbocycles. The van der Waals surface area contributed by atoms with E-state index in [0.29, 0.717) is 35.6 Å². The molecule has 3 aromatic rings. The number of benzene rings is 2. The Morgan fingerprint density at radius 3 is 2.38 bits per heavy atom. The van der Waals surface area contributed by atoms with Crippen LogP contribution in [0.1, 0.15) is 76.1 Å². The van der Waals surface area contributed by atoms with E-state index >= 15 is 0 Å². The molecule has 1 saturated carbocycles. The van der Waals surface area contributed by atoms with Crippen molar-refractivity contribution in [2.45, 2.75) is 77.9 Å². The van der Waals surface area contributed by atoms with Gasteiger partial charge in [-0.05, 0) is 82.5 Å². The summed E-state index contributed by atoms with van der Waals surface area (Å²) in [4.78, 5) is 57.2. The smallest absolute Gasteiger partial charge is 0.407 e. The highest BCUT2D eigenvalue weighted by atomic mass is 35.5. The molecule has 12 heteroatoms. The van der Waals surface area contributed by atoms with Gasteiger partial charge in [-0.15, -0.1) is 0 Å². The SMILES string of the molecule is CN(C(=O)C1CCCCC1)c1ccc2c(c1)nc(NC(=O)c1ccc(Cl)cc1)n2CCC(=O)NCCCNC(=O)OC(C)(C)C. The number of amides is 4. The zero-order chi connectivity index (χ0) is 32.6. The van der Waals surface area contributed by atoms with E-state index in [1.165, 1.54) is 6.42 Å². The van der Waals surface area contributed by atoms with Gasteiger partial charge in [0.1, 0.15) is 5.60 Å². The molecule has 1 aliphatic rings. The van der Waals surface area contributed by atoms with E-state index in [2.05, 4.69) is 16.0 Å². The van der Waals surface area contributed by atoms with Gasteiger partial charge in [-0.3, -0.25) is 19.7 Å². The average molecular weight is 639 g/mol. The zero-order valence-electron chi connectivity index (χ0n) is 26.5. The van der Waals surface area contributed by atoms with Crippen molar-refractivity contribution in [3.05, 3.63) is 53.1 Å². The third kappa shape index (κ3) is 9.68. The Bertz CT molecular complexity index is 1510. The fourth-order valence-electron chi connectivity index (χ4n) is 5.30. The van der Waals surface area contributed by atoms with Gasteiger partial charge in [0.25, 0.3) is 5.91 Å². The van der Waals surface area contributed by atoms with Crippen LogP contribution < -0.4 is 20.9 Å². The number of rotatable bonds is 11. The minimum absolute atomic E-state index is 0.0258. The Morgan fingerprint density at radius 1 is 1.00 bits per heavy atom. The van der Waals surface area contributed by atoms with Crippen LogP contribution in [0.3, 0.4) is 0 Å². The number of carbonyl (C=O) groups is 4. The van der Waals surface area contributed by atoms with Crippen LogP contribution in [0.2, 0.25) is 5.02 Å². The quantitative estimate of drug-likeness (QED) is 0.224. The molecule has 0 unspecified atom stereocenters. The van der Waals surface area contributed by atoms with Gasteiger partial charge in [0.2, 0.25) is 17.8 Å². The van der Waals surface area contributed by atoms with Crippen molar-refractivity contribution in [3.8, 4) is 0 Å². The number of fused-ring (bicyclic) bond motifs is 1. The maximum absolute atomic E-state index is 13.2. The van der Waals surface area contributed by atoms with Crippen molar-refractivity contribution < 1.29 is 23.9 Å². The number of aromatic nitrogens is 2. The first kappa shape index (κ1) is 33.8. The summed E-state index contributed by atoms with van der Waals surface area (Å²) >= 11 is 5.99. The molecule has 0 saturated heterocycles. The number of carbonyl (C=O) groups excluding carboxylic acids is 4. The lowest BCUT2D eigenvalue weighted by molar-refractivity contribution is -0.123. The van der Waals surface area contributed by atoms with Crippen molar-refractivity contribution in [2.24, 2.45) is 5.92 Å². The molecule has 1 heterocycles. The topological polar surface area (TPSA) is 135 Å². The summed E-state index contributed by atoms with van der Waals surface area (Å²) in [6.07, 6.45) is 5.30. The number of anilines is 2. The lowest BCUT2D eigenvalue weighted by Crippen LogP contribution is -2.34. The molecule has 3 N–H and O–H groups in total. The second kappa shape index (κ2) is 15.2. The minimum Gasteiger partial charge on any atom is -0.444 e. The van der Waals surface area contributed by atoms with E-state index in [0.717, 1.165) is 36.9 Å². The van der Waals surface area contributed by atoms with Gasteiger partial charge >= 0.3 is 6.09 Å². The van der Waals surface area contributed by atoms with Gasteiger partial charge in [-0.1, -0.05) is 30.9 Å². The third-order valence-electron chi connectivity index (χ3n) is 7.64. The Morgan fingerprint density at radius 2 is 1.69 bits per heavy atom. The lowest BCUT2D eigenvalue weighted by atomic mass is 9.88. The molecule has 0 bridgehead atoms. The summed E-state index contributed by atoms with van der Waals surface area (Å²) in [5, 5.41) is 8.93. The van der Waals surface area contributed by atoms with Crippen molar-refractivity contribution in [1.29, 1.82) is 0 Å². The second-order valence-electron chi connectivity index (χ2n) is 12.3. The lowest BCUT2D eigenvalue weighted by Gasteiger charge is -2.26. The number of hydrogen-bond donors (Lipinski definition) is 3. The van der Waals surface area contributed by atoms with E-state index in [1.807, 2.05) is 18.2 Å². The van der Waals surface area contributed by atoms with Crippen LogP contribution in [0.15, 0.2) is 42.5 Å². The van der Waals surface area contributed by atoms with Crippen molar-refractivity contribution in [3.63, 3.8) is 0 Å². The van der Waals surface area contributed by atoms with Gasteiger partial charge in [-0.2, -0.15) is 0 Å². The molecule has 242 valence electrons. The summed E-state index contributed by atoms with van der Waals surface area (Å²) in [6.45, 7) is 6.38. The van der Waals surface area contributed by atoms with E-state index in [1.54, 1.807) is 61.6 Å². The maximum Gasteiger partial charge on any atom is 0.407 e. The summed E-state index contributed by atoms with van der Waals surface area (Å²) < 4.78 is 7.00. The third-order valence-corrected chi connectivity index (χ3v) is 7.89. The summed E-state index contributed by atoms with van der Waals surface area (Å²) in [7, 11) is 1.78. The Labute approximate surface area is 269 Å². The van der Waals surface area contributed by atoms with Crippen LogP contribution in [0.4, 0.5) is 16.4 Å². The minimum atomic E-state index is -0.577. The molecule has 11 nitrogen and oxygen atoms in total. The highest BCUT2D eigenvalue weighted by Crippen LogP contribution is 2.30. The zero-order valence-corrected chi connectivity index (χ0v) is 27.2. The Kier molecular flexibility index (Phi) is 11.4. The van der Waals surface area contributed by atoms with Gasteiger partial charge in [0.15, 0.2) is 0 Å². The second-order valence-corrected chi connectivity index (χ2v) is 12.8. The highest BCUT2D eigenvalue weighted by Gasteiger charge is 2.25. The van der Waals surface area contributed by atoms with Crippen LogP contribution in [-0.4, -0.2) is 59.1 Å². The van der Waals surface area contributed by atoms with Crippen molar-refractivity contribution in [1.82, 2.24) is 20.2 Å². The van der Waals surface area contributed by atoms with E-state index in [4.69, 9.17) is 21.3 Å². The standard InChI is InChI=1S/C33H43ClN6O5/c1-33(2,3)45-32(44)36-19-8-18-35-28(41)17-20-40-27-16-15-25(39(4)30(43)23-9-6-5-7-10-23)21-26(27)37-31(40)38-29(42)22-11-13-24(34)14-12-22/h11-16,21,23H,5-10,17-20H2,1-4H3,(H,35,41)(H,36,44)(H,37,38,42). The fourth-order valence-corrected chi connectivity index (χ4v) is 5.42. The predicted octanol–water partition coefficient (Wildman–Crippen LogP) is 5.91. The molecule has 0 radical (unpaired) electrons. The first-order valence-electron chi connectivity index (χ1n) is 15.5. The molecule has 0 atom stereocenters. The maximum atomic E-state index is 13.2.